The molecule has 3 aromatic rings. The van der Waals surface area contributed by atoms with E-state index in [1.54, 1.807) is 6.07 Å². The second-order valence-electron chi connectivity index (χ2n) is 7.94. The molecule has 1 aliphatic heterocycles. The summed E-state index contributed by atoms with van der Waals surface area (Å²) in [5.74, 6) is 0. The van der Waals surface area contributed by atoms with Crippen LogP contribution in [0.4, 0.5) is 0 Å². The molecule has 0 saturated carbocycles. The molecule has 3 aromatic heterocycles. The molecule has 29 heavy (non-hydrogen) atoms. The van der Waals surface area contributed by atoms with Gasteiger partial charge in [0, 0.05) is 44.1 Å². The van der Waals surface area contributed by atoms with E-state index in [1.807, 2.05) is 30.0 Å². The van der Waals surface area contributed by atoms with Gasteiger partial charge in [-0.1, -0.05) is 13.0 Å². The van der Waals surface area contributed by atoms with E-state index in [4.69, 9.17) is 0 Å². The van der Waals surface area contributed by atoms with Crippen molar-refractivity contribution >= 4 is 11.0 Å². The van der Waals surface area contributed by atoms with Gasteiger partial charge >= 0.3 is 0 Å². The number of rotatable bonds is 6. The van der Waals surface area contributed by atoms with Gasteiger partial charge < -0.3 is 5.32 Å². The van der Waals surface area contributed by atoms with Crippen molar-refractivity contribution in [2.75, 3.05) is 13.1 Å². The first kappa shape index (κ1) is 19.7. The molecule has 0 aromatic carbocycles. The Hall–Kier alpha value is -2.57. The van der Waals surface area contributed by atoms with Gasteiger partial charge in [-0.05, 0) is 55.5 Å². The summed E-state index contributed by atoms with van der Waals surface area (Å²) < 4.78 is 1.85. The van der Waals surface area contributed by atoms with Gasteiger partial charge in [-0.2, -0.15) is 0 Å². The van der Waals surface area contributed by atoms with Crippen molar-refractivity contribution in [2.45, 2.75) is 52.4 Å². The number of hydrogen-bond acceptors (Lipinski definition) is 5. The highest BCUT2D eigenvalue weighted by Gasteiger charge is 2.20. The number of fused-ring (bicyclic) bond motifs is 1. The number of hydrogen-bond donors (Lipinski definition) is 1. The van der Waals surface area contributed by atoms with Gasteiger partial charge in [0.05, 0.1) is 23.4 Å². The number of aryl methyl sites for hydroxylation is 2. The second-order valence-corrected chi connectivity index (χ2v) is 7.94. The molecule has 0 radical (unpaired) electrons. The topological polar surface area (TPSA) is 63.0 Å². The minimum Gasteiger partial charge on any atom is -0.308 e. The minimum absolute atomic E-state index is 0.0340. The van der Waals surface area contributed by atoms with E-state index in [2.05, 4.69) is 45.3 Å². The molecular weight excluding hydrogens is 362 g/mol. The number of pyridine rings is 3. The van der Waals surface area contributed by atoms with Crippen molar-refractivity contribution in [3.63, 3.8) is 0 Å². The zero-order valence-corrected chi connectivity index (χ0v) is 17.3. The van der Waals surface area contributed by atoms with Gasteiger partial charge in [0.2, 0.25) is 0 Å². The Bertz CT molecular complexity index is 1020. The summed E-state index contributed by atoms with van der Waals surface area (Å²) in [7, 11) is 0. The van der Waals surface area contributed by atoms with Crippen LogP contribution in [0.5, 0.6) is 0 Å². The van der Waals surface area contributed by atoms with Crippen LogP contribution in [-0.2, 0) is 19.6 Å². The Morgan fingerprint density at radius 3 is 2.66 bits per heavy atom. The summed E-state index contributed by atoms with van der Waals surface area (Å²) in [6.45, 7) is 7.53. The highest BCUT2D eigenvalue weighted by molar-refractivity contribution is 5.74. The summed E-state index contributed by atoms with van der Waals surface area (Å²) in [6.07, 6.45) is 6.99. The fourth-order valence-corrected chi connectivity index (χ4v) is 3.91. The molecule has 1 fully saturated rings. The molecule has 0 atom stereocenters. The Kier molecular flexibility index (Phi) is 6.02. The summed E-state index contributed by atoms with van der Waals surface area (Å²) >= 11 is 0. The first-order valence-electron chi connectivity index (χ1n) is 10.5. The number of aromatic nitrogens is 3. The lowest BCUT2D eigenvalue weighted by Gasteiger charge is -2.33. The predicted molar refractivity (Wildman–Crippen MR) is 116 cm³/mol. The van der Waals surface area contributed by atoms with Crippen molar-refractivity contribution in [3.05, 3.63) is 69.9 Å². The van der Waals surface area contributed by atoms with E-state index in [-0.39, 0.29) is 5.56 Å². The number of nitrogens with one attached hydrogen (secondary N) is 1. The fraction of sp³-hybridized carbons (Fsp3) is 0.435. The SMILES string of the molecule is CCc1ccc(CNC2CCN(Cn3c(=O)ccc4ncc(C)cc43)CC2)nc1. The molecule has 1 saturated heterocycles. The summed E-state index contributed by atoms with van der Waals surface area (Å²) in [5.41, 5.74) is 5.26. The maximum absolute atomic E-state index is 12.5. The van der Waals surface area contributed by atoms with Gasteiger partial charge in [-0.15, -0.1) is 0 Å². The van der Waals surface area contributed by atoms with E-state index in [0.29, 0.717) is 12.7 Å². The lowest BCUT2D eigenvalue weighted by Crippen LogP contribution is -2.44. The van der Waals surface area contributed by atoms with Crippen LogP contribution in [0.25, 0.3) is 11.0 Å². The quantitative estimate of drug-likeness (QED) is 0.700. The highest BCUT2D eigenvalue weighted by Crippen LogP contribution is 2.15. The monoisotopic (exact) mass is 391 g/mol. The van der Waals surface area contributed by atoms with Gasteiger partial charge in [-0.3, -0.25) is 24.2 Å². The number of nitrogens with zero attached hydrogens (tertiary/aromatic N) is 4. The molecule has 0 spiro atoms. The van der Waals surface area contributed by atoms with Gasteiger partial charge in [0.1, 0.15) is 0 Å². The van der Waals surface area contributed by atoms with Crippen molar-refractivity contribution in [1.82, 2.24) is 24.8 Å². The average Bonchev–Trinajstić information content (AvgIpc) is 2.75. The highest BCUT2D eigenvalue weighted by atomic mass is 16.1. The van der Waals surface area contributed by atoms with Gasteiger partial charge in [0.25, 0.3) is 5.56 Å². The molecule has 4 rings (SSSR count). The molecule has 0 unspecified atom stereocenters. The Morgan fingerprint density at radius 1 is 1.10 bits per heavy atom. The van der Waals surface area contributed by atoms with Crippen LogP contribution in [0.3, 0.4) is 0 Å². The van der Waals surface area contributed by atoms with E-state index in [0.717, 1.165) is 61.2 Å². The average molecular weight is 392 g/mol. The van der Waals surface area contributed by atoms with Gasteiger partial charge in [0.15, 0.2) is 0 Å². The molecule has 0 aliphatic carbocycles. The Labute approximate surface area is 171 Å². The number of likely N-dealkylation sites (tertiary alicyclic amines) is 1. The Morgan fingerprint density at radius 2 is 1.93 bits per heavy atom. The van der Waals surface area contributed by atoms with E-state index >= 15 is 0 Å². The van der Waals surface area contributed by atoms with Crippen LogP contribution in [0.15, 0.2) is 47.5 Å². The molecule has 152 valence electrons. The summed E-state index contributed by atoms with van der Waals surface area (Å²) in [6, 6.07) is 10.2. The summed E-state index contributed by atoms with van der Waals surface area (Å²) in [5, 5.41) is 3.64. The van der Waals surface area contributed by atoms with Crippen molar-refractivity contribution in [3.8, 4) is 0 Å². The maximum Gasteiger partial charge on any atom is 0.252 e. The second kappa shape index (κ2) is 8.84. The number of piperidine rings is 1. The summed E-state index contributed by atoms with van der Waals surface area (Å²) in [4.78, 5) is 23.8. The van der Waals surface area contributed by atoms with Gasteiger partial charge in [-0.25, -0.2) is 0 Å². The third-order valence-corrected chi connectivity index (χ3v) is 5.77. The van der Waals surface area contributed by atoms with E-state index in [1.165, 1.54) is 5.56 Å². The van der Waals surface area contributed by atoms with Crippen molar-refractivity contribution in [2.24, 2.45) is 0 Å². The van der Waals surface area contributed by atoms with E-state index < -0.39 is 0 Å². The smallest absolute Gasteiger partial charge is 0.252 e. The first-order valence-corrected chi connectivity index (χ1v) is 10.5. The van der Waals surface area contributed by atoms with Crippen molar-refractivity contribution < 1.29 is 0 Å². The normalized spacial score (nSPS) is 15.8. The van der Waals surface area contributed by atoms with Crippen LogP contribution in [-0.4, -0.2) is 38.6 Å². The zero-order chi connectivity index (χ0) is 20.2. The van der Waals surface area contributed by atoms with Crippen LogP contribution in [0.1, 0.15) is 36.6 Å². The van der Waals surface area contributed by atoms with Crippen LogP contribution >= 0.6 is 0 Å². The van der Waals surface area contributed by atoms with Crippen LogP contribution in [0, 0.1) is 6.92 Å². The molecule has 0 bridgehead atoms. The third kappa shape index (κ3) is 4.71. The fourth-order valence-electron chi connectivity index (χ4n) is 3.91. The van der Waals surface area contributed by atoms with Crippen LogP contribution < -0.4 is 10.9 Å². The molecular formula is C23H29N5O. The van der Waals surface area contributed by atoms with Crippen LogP contribution in [0.2, 0.25) is 0 Å². The molecule has 6 nitrogen and oxygen atoms in total. The maximum atomic E-state index is 12.5. The third-order valence-electron chi connectivity index (χ3n) is 5.77. The molecule has 1 aliphatic rings. The molecule has 4 heterocycles. The van der Waals surface area contributed by atoms with Crippen molar-refractivity contribution in [1.29, 1.82) is 0 Å². The first-order chi connectivity index (χ1) is 14.1. The predicted octanol–water partition coefficient (Wildman–Crippen LogP) is 2.87. The zero-order valence-electron chi connectivity index (χ0n) is 17.3. The molecule has 1 N–H and O–H groups in total. The lowest BCUT2D eigenvalue weighted by atomic mass is 10.1. The standard InChI is InChI=1S/C23H29N5O/c1-3-18-4-5-20(24-14-18)15-25-19-8-10-27(11-9-19)16-28-22-12-17(2)13-26-21(22)6-7-23(28)29/h4-7,12-14,19,25H,3,8-11,15-16H2,1-2H3. The minimum atomic E-state index is 0.0340. The lowest BCUT2D eigenvalue weighted by molar-refractivity contribution is 0.159. The molecule has 0 amide bonds. The van der Waals surface area contributed by atoms with E-state index in [9.17, 15) is 4.79 Å². The Balaban J connectivity index is 1.34. The largest absolute Gasteiger partial charge is 0.308 e. The molecule has 6 heteroatoms.